The Balaban J connectivity index is 2.21. The minimum atomic E-state index is -3.59. The Morgan fingerprint density at radius 2 is 1.84 bits per heavy atom. The van der Waals surface area contributed by atoms with Crippen molar-refractivity contribution in [3.05, 3.63) is 29.8 Å². The summed E-state index contributed by atoms with van der Waals surface area (Å²) in [6.45, 7) is 3.82. The van der Waals surface area contributed by atoms with E-state index in [1.165, 1.54) is 42.5 Å². The average molecular weight is 368 g/mol. The summed E-state index contributed by atoms with van der Waals surface area (Å²) >= 11 is 0. The SMILES string of the molecule is CC(C(=O)O)N(C)C(=O)c1ccc(S(=O)(=O)N2CCCCC2C)cc1. The lowest BCUT2D eigenvalue weighted by Gasteiger charge is -2.32. The van der Waals surface area contributed by atoms with Crippen LogP contribution in [0.15, 0.2) is 29.2 Å². The Labute approximate surface area is 148 Å². The number of benzene rings is 1. The summed E-state index contributed by atoms with van der Waals surface area (Å²) in [4.78, 5) is 24.6. The minimum absolute atomic E-state index is 0.0393. The minimum Gasteiger partial charge on any atom is -0.480 e. The van der Waals surface area contributed by atoms with Crippen LogP contribution in [-0.4, -0.2) is 60.3 Å². The largest absolute Gasteiger partial charge is 0.480 e. The van der Waals surface area contributed by atoms with Crippen molar-refractivity contribution in [1.29, 1.82) is 0 Å². The molecule has 1 aromatic rings. The van der Waals surface area contributed by atoms with E-state index in [0.29, 0.717) is 6.54 Å². The molecule has 1 amide bonds. The quantitative estimate of drug-likeness (QED) is 0.855. The van der Waals surface area contributed by atoms with Crippen LogP contribution in [0.4, 0.5) is 0 Å². The molecule has 0 saturated carbocycles. The molecule has 0 radical (unpaired) electrons. The normalized spacial score (nSPS) is 20.0. The van der Waals surface area contributed by atoms with Crippen molar-refractivity contribution in [2.24, 2.45) is 0 Å². The highest BCUT2D eigenvalue weighted by molar-refractivity contribution is 7.89. The Kier molecular flexibility index (Phi) is 5.84. The number of carbonyl (C=O) groups is 2. The second kappa shape index (κ2) is 7.53. The van der Waals surface area contributed by atoms with Crippen LogP contribution in [0.25, 0.3) is 0 Å². The molecule has 1 aliphatic rings. The van der Waals surface area contributed by atoms with E-state index in [4.69, 9.17) is 5.11 Å². The van der Waals surface area contributed by atoms with E-state index in [1.54, 1.807) is 0 Å². The first-order valence-corrected chi connectivity index (χ1v) is 9.72. The van der Waals surface area contributed by atoms with Crippen molar-refractivity contribution in [3.63, 3.8) is 0 Å². The lowest BCUT2D eigenvalue weighted by molar-refractivity contribution is -0.141. The second-order valence-corrected chi connectivity index (χ2v) is 8.31. The summed E-state index contributed by atoms with van der Waals surface area (Å²) in [6.07, 6.45) is 2.71. The van der Waals surface area contributed by atoms with Crippen molar-refractivity contribution in [2.45, 2.75) is 50.1 Å². The van der Waals surface area contributed by atoms with Crippen molar-refractivity contribution in [1.82, 2.24) is 9.21 Å². The molecule has 0 bridgehead atoms. The number of likely N-dealkylation sites (N-methyl/N-ethyl adjacent to an activating group) is 1. The molecule has 1 fully saturated rings. The highest BCUT2D eigenvalue weighted by Crippen LogP contribution is 2.25. The van der Waals surface area contributed by atoms with Gasteiger partial charge in [0, 0.05) is 25.2 Å². The fourth-order valence-corrected chi connectivity index (χ4v) is 4.58. The molecule has 7 nitrogen and oxygen atoms in total. The second-order valence-electron chi connectivity index (χ2n) is 6.42. The Bertz CT molecular complexity index is 745. The van der Waals surface area contributed by atoms with E-state index < -0.39 is 27.9 Å². The number of rotatable bonds is 5. The van der Waals surface area contributed by atoms with Crippen LogP contribution < -0.4 is 0 Å². The lowest BCUT2D eigenvalue weighted by Crippen LogP contribution is -2.42. The Morgan fingerprint density at radius 1 is 1.24 bits per heavy atom. The van der Waals surface area contributed by atoms with Crippen LogP contribution >= 0.6 is 0 Å². The molecule has 1 heterocycles. The number of carbonyl (C=O) groups excluding carboxylic acids is 1. The molecule has 8 heteroatoms. The topological polar surface area (TPSA) is 95.0 Å². The van der Waals surface area contributed by atoms with E-state index in [9.17, 15) is 18.0 Å². The van der Waals surface area contributed by atoms with Crippen LogP contribution in [0.2, 0.25) is 0 Å². The third-order valence-electron chi connectivity index (χ3n) is 4.71. The van der Waals surface area contributed by atoms with Gasteiger partial charge in [0.05, 0.1) is 4.90 Å². The molecular formula is C17H24N2O5S. The van der Waals surface area contributed by atoms with Gasteiger partial charge in [-0.2, -0.15) is 4.31 Å². The number of aliphatic carboxylic acids is 1. The summed E-state index contributed by atoms with van der Waals surface area (Å²) in [5.74, 6) is -1.57. The van der Waals surface area contributed by atoms with E-state index in [2.05, 4.69) is 0 Å². The first-order chi connectivity index (χ1) is 11.7. The molecule has 0 aromatic heterocycles. The molecule has 0 spiro atoms. The highest BCUT2D eigenvalue weighted by atomic mass is 32.2. The average Bonchev–Trinajstić information content (AvgIpc) is 2.60. The van der Waals surface area contributed by atoms with Gasteiger partial charge in [-0.3, -0.25) is 4.79 Å². The third kappa shape index (κ3) is 4.01. The number of carboxylic acids is 1. The van der Waals surface area contributed by atoms with E-state index in [0.717, 1.165) is 24.2 Å². The number of hydrogen-bond donors (Lipinski definition) is 1. The van der Waals surface area contributed by atoms with Crippen LogP contribution in [-0.2, 0) is 14.8 Å². The molecule has 1 aliphatic heterocycles. The monoisotopic (exact) mass is 368 g/mol. The first-order valence-electron chi connectivity index (χ1n) is 8.28. The van der Waals surface area contributed by atoms with Crippen LogP contribution in [0.3, 0.4) is 0 Å². The zero-order chi connectivity index (χ0) is 18.8. The van der Waals surface area contributed by atoms with Gasteiger partial charge in [-0.05, 0) is 51.0 Å². The molecule has 0 aliphatic carbocycles. The summed E-state index contributed by atoms with van der Waals surface area (Å²) in [6, 6.07) is 4.66. The van der Waals surface area contributed by atoms with Gasteiger partial charge in [0.1, 0.15) is 6.04 Å². The van der Waals surface area contributed by atoms with Crippen molar-refractivity contribution in [2.75, 3.05) is 13.6 Å². The third-order valence-corrected chi connectivity index (χ3v) is 6.74. The molecule has 2 atom stereocenters. The maximum atomic E-state index is 12.8. The van der Waals surface area contributed by atoms with Gasteiger partial charge in [-0.1, -0.05) is 6.42 Å². The molecule has 2 rings (SSSR count). The molecule has 1 N–H and O–H groups in total. The van der Waals surface area contributed by atoms with Crippen LogP contribution in [0.5, 0.6) is 0 Å². The standard InChI is InChI=1S/C17H24N2O5S/c1-12-6-4-5-11-19(12)25(23,24)15-9-7-14(8-10-15)16(20)18(3)13(2)17(21)22/h7-10,12-13H,4-6,11H2,1-3H3,(H,21,22). The van der Waals surface area contributed by atoms with Gasteiger partial charge in [0.15, 0.2) is 0 Å². The fourth-order valence-electron chi connectivity index (χ4n) is 2.88. The van der Waals surface area contributed by atoms with Gasteiger partial charge in [-0.15, -0.1) is 0 Å². The van der Waals surface area contributed by atoms with Gasteiger partial charge >= 0.3 is 5.97 Å². The number of amides is 1. The summed E-state index contributed by atoms with van der Waals surface area (Å²) < 4.78 is 27.0. The van der Waals surface area contributed by atoms with Gasteiger partial charge in [-0.25, -0.2) is 13.2 Å². The van der Waals surface area contributed by atoms with Crippen molar-refractivity contribution in [3.8, 4) is 0 Å². The predicted molar refractivity (Wildman–Crippen MR) is 92.8 cm³/mol. The van der Waals surface area contributed by atoms with Crippen molar-refractivity contribution < 1.29 is 23.1 Å². The van der Waals surface area contributed by atoms with Gasteiger partial charge in [0.25, 0.3) is 5.91 Å². The molecule has 138 valence electrons. The Morgan fingerprint density at radius 3 is 2.36 bits per heavy atom. The fraction of sp³-hybridized carbons (Fsp3) is 0.529. The molecule has 25 heavy (non-hydrogen) atoms. The Hall–Kier alpha value is -1.93. The molecule has 1 aromatic carbocycles. The maximum Gasteiger partial charge on any atom is 0.326 e. The lowest BCUT2D eigenvalue weighted by atomic mass is 10.1. The first kappa shape index (κ1) is 19.4. The number of hydrogen-bond acceptors (Lipinski definition) is 4. The summed E-state index contributed by atoms with van der Waals surface area (Å²) in [5, 5.41) is 8.99. The van der Waals surface area contributed by atoms with E-state index in [1.807, 2.05) is 6.92 Å². The van der Waals surface area contributed by atoms with E-state index in [-0.39, 0.29) is 16.5 Å². The maximum absolute atomic E-state index is 12.8. The van der Waals surface area contributed by atoms with E-state index >= 15 is 0 Å². The van der Waals surface area contributed by atoms with Crippen molar-refractivity contribution >= 4 is 21.9 Å². The summed E-state index contributed by atoms with van der Waals surface area (Å²) in [7, 11) is -2.19. The zero-order valence-electron chi connectivity index (χ0n) is 14.7. The van der Waals surface area contributed by atoms with Crippen LogP contribution in [0, 0.1) is 0 Å². The number of piperidine rings is 1. The number of nitrogens with zero attached hydrogens (tertiary/aromatic N) is 2. The smallest absolute Gasteiger partial charge is 0.326 e. The number of carboxylic acid groups (broad SMARTS) is 1. The molecule has 1 saturated heterocycles. The zero-order valence-corrected chi connectivity index (χ0v) is 15.5. The molecule has 2 unspecified atom stereocenters. The predicted octanol–water partition coefficient (Wildman–Crippen LogP) is 1.79. The van der Waals surface area contributed by atoms with Gasteiger partial charge in [0.2, 0.25) is 10.0 Å². The van der Waals surface area contributed by atoms with Crippen LogP contribution in [0.1, 0.15) is 43.5 Å². The van der Waals surface area contributed by atoms with Gasteiger partial charge < -0.3 is 10.0 Å². The number of sulfonamides is 1. The molecular weight excluding hydrogens is 344 g/mol. The highest BCUT2D eigenvalue weighted by Gasteiger charge is 2.31. The summed E-state index contributed by atoms with van der Waals surface area (Å²) in [5.41, 5.74) is 0.251.